The number of ether oxygens (including phenoxy) is 2. The number of phosphoric ester groups is 1. The Morgan fingerprint density at radius 2 is 0.951 bits per heavy atom. The Morgan fingerprint density at radius 1 is 0.525 bits per heavy atom. The standard InChI is InChI=1S/C52H98NO7P/c1-6-8-10-12-14-16-18-20-22-24-25-26-27-28-30-32-34-36-38-40-42-44-47-57-49-51(50-59-61(55,56)58-48-46-53(3,4)5)60-52(54)45-43-41-39-37-35-33-31-29-23-21-19-17-15-13-11-9-7-2/h9,11,15,17,21,23,31,33,51H,6-8,10,12-14,16,18-20,22,24-30,32,34-50H2,1-5H3/p+1/b11-9-,17-15-,23-21-,33-31-/t51-/m1/s1. The van der Waals surface area contributed by atoms with Gasteiger partial charge in [0.2, 0.25) is 0 Å². The highest BCUT2D eigenvalue weighted by molar-refractivity contribution is 7.47. The fraction of sp³-hybridized carbons (Fsp3) is 0.827. The lowest BCUT2D eigenvalue weighted by Gasteiger charge is -2.24. The first-order valence-electron chi connectivity index (χ1n) is 25.4. The van der Waals surface area contributed by atoms with E-state index < -0.39 is 13.9 Å². The predicted molar refractivity (Wildman–Crippen MR) is 261 cm³/mol. The highest BCUT2D eigenvalue weighted by Gasteiger charge is 2.26. The van der Waals surface area contributed by atoms with Crippen molar-refractivity contribution in [3.8, 4) is 0 Å². The molecule has 0 aromatic carbocycles. The van der Waals surface area contributed by atoms with E-state index in [1.165, 1.54) is 128 Å². The third-order valence-electron chi connectivity index (χ3n) is 10.9. The third kappa shape index (κ3) is 49.3. The molecule has 0 fully saturated rings. The number of carbonyl (C=O) groups excluding carboxylic acids is 1. The summed E-state index contributed by atoms with van der Waals surface area (Å²) in [6.45, 7) is 5.51. The van der Waals surface area contributed by atoms with E-state index in [2.05, 4.69) is 62.5 Å². The van der Waals surface area contributed by atoms with E-state index >= 15 is 0 Å². The number of nitrogens with zero attached hydrogens (tertiary/aromatic N) is 1. The monoisotopic (exact) mass is 881 g/mol. The molecule has 0 bridgehead atoms. The number of quaternary nitrogens is 1. The lowest BCUT2D eigenvalue weighted by atomic mass is 10.0. The predicted octanol–water partition coefficient (Wildman–Crippen LogP) is 15.5. The maximum Gasteiger partial charge on any atom is 0.472 e. The van der Waals surface area contributed by atoms with E-state index in [-0.39, 0.29) is 25.8 Å². The highest BCUT2D eigenvalue weighted by atomic mass is 31.2. The first-order chi connectivity index (χ1) is 29.6. The summed E-state index contributed by atoms with van der Waals surface area (Å²) in [7, 11) is 1.65. The normalized spacial score (nSPS) is 14.0. The van der Waals surface area contributed by atoms with Crippen LogP contribution in [0.1, 0.15) is 219 Å². The second-order valence-corrected chi connectivity index (χ2v) is 19.6. The van der Waals surface area contributed by atoms with Crippen molar-refractivity contribution in [1.82, 2.24) is 0 Å². The van der Waals surface area contributed by atoms with Crippen molar-refractivity contribution in [3.63, 3.8) is 0 Å². The molecular formula is C52H99NO7P+. The minimum atomic E-state index is -4.29. The van der Waals surface area contributed by atoms with Crippen LogP contribution in [0.25, 0.3) is 0 Å². The first kappa shape index (κ1) is 59.5. The molecule has 61 heavy (non-hydrogen) atoms. The van der Waals surface area contributed by atoms with Gasteiger partial charge in [0.25, 0.3) is 0 Å². The fourth-order valence-electron chi connectivity index (χ4n) is 7.02. The summed E-state index contributed by atoms with van der Waals surface area (Å²) in [6, 6.07) is 0. The van der Waals surface area contributed by atoms with Gasteiger partial charge in [-0.15, -0.1) is 0 Å². The molecule has 1 N–H and O–H groups in total. The second kappa shape index (κ2) is 45.0. The summed E-state index contributed by atoms with van der Waals surface area (Å²) >= 11 is 0. The van der Waals surface area contributed by atoms with Crippen molar-refractivity contribution in [3.05, 3.63) is 48.6 Å². The van der Waals surface area contributed by atoms with E-state index in [0.29, 0.717) is 24.1 Å². The molecule has 0 heterocycles. The molecule has 0 spiro atoms. The van der Waals surface area contributed by atoms with Gasteiger partial charge in [0.15, 0.2) is 0 Å². The van der Waals surface area contributed by atoms with Crippen molar-refractivity contribution in [2.75, 3.05) is 54.1 Å². The number of likely N-dealkylation sites (N-methyl/N-ethyl adjacent to an activating group) is 1. The van der Waals surface area contributed by atoms with Gasteiger partial charge in [-0.2, -0.15) is 0 Å². The molecule has 0 amide bonds. The van der Waals surface area contributed by atoms with Gasteiger partial charge in [-0.05, 0) is 51.4 Å². The molecule has 8 nitrogen and oxygen atoms in total. The van der Waals surface area contributed by atoms with Crippen LogP contribution in [0.2, 0.25) is 0 Å². The Kier molecular flexibility index (Phi) is 43.9. The molecule has 0 aromatic rings. The molecule has 0 aliphatic heterocycles. The maximum absolute atomic E-state index is 12.7. The van der Waals surface area contributed by atoms with Crippen LogP contribution in [0.5, 0.6) is 0 Å². The van der Waals surface area contributed by atoms with Crippen LogP contribution in [0.3, 0.4) is 0 Å². The van der Waals surface area contributed by atoms with Crippen molar-refractivity contribution < 1.29 is 37.3 Å². The Morgan fingerprint density at radius 3 is 1.43 bits per heavy atom. The Balaban J connectivity index is 4.14. The van der Waals surface area contributed by atoms with Crippen LogP contribution in [0, 0.1) is 0 Å². The quantitative estimate of drug-likeness (QED) is 0.0214. The Bertz CT molecular complexity index is 1120. The summed E-state index contributed by atoms with van der Waals surface area (Å²) in [5, 5.41) is 0. The molecule has 0 aliphatic carbocycles. The SMILES string of the molecule is CC/C=C\C/C=C\C/C=C\C/C=C\CCCCCCC(=O)O[C@H](COCCCCCCCCCCCCCCCCCCCCCCCC)COP(=O)(O)OCC[N+](C)(C)C. The highest BCUT2D eigenvalue weighted by Crippen LogP contribution is 2.43. The van der Waals surface area contributed by atoms with Crippen molar-refractivity contribution >= 4 is 13.8 Å². The number of hydrogen-bond donors (Lipinski definition) is 1. The van der Waals surface area contributed by atoms with Gasteiger partial charge in [0, 0.05) is 13.0 Å². The summed E-state index contributed by atoms with van der Waals surface area (Å²) in [5.74, 6) is -0.334. The minimum absolute atomic E-state index is 0.0834. The first-order valence-corrected chi connectivity index (χ1v) is 26.9. The van der Waals surface area contributed by atoms with E-state index in [0.717, 1.165) is 70.6 Å². The number of esters is 1. The zero-order valence-corrected chi connectivity index (χ0v) is 41.5. The Hall–Kier alpha value is -1.54. The van der Waals surface area contributed by atoms with Gasteiger partial charge in [-0.25, -0.2) is 4.57 Å². The van der Waals surface area contributed by atoms with Crippen LogP contribution in [-0.2, 0) is 27.9 Å². The summed E-state index contributed by atoms with van der Waals surface area (Å²) in [4.78, 5) is 23.0. The number of hydrogen-bond acceptors (Lipinski definition) is 6. The third-order valence-corrected chi connectivity index (χ3v) is 11.9. The molecule has 2 atom stereocenters. The van der Waals surface area contributed by atoms with Crippen LogP contribution >= 0.6 is 7.82 Å². The molecular weight excluding hydrogens is 782 g/mol. The van der Waals surface area contributed by atoms with Gasteiger partial charge in [-0.1, -0.05) is 210 Å². The fourth-order valence-corrected chi connectivity index (χ4v) is 7.76. The number of carbonyl (C=O) groups is 1. The number of unbranched alkanes of at least 4 members (excludes halogenated alkanes) is 25. The molecule has 0 radical (unpaired) electrons. The van der Waals surface area contributed by atoms with Gasteiger partial charge in [-0.3, -0.25) is 13.8 Å². The second-order valence-electron chi connectivity index (χ2n) is 18.2. The van der Waals surface area contributed by atoms with Gasteiger partial charge < -0.3 is 18.9 Å². The molecule has 0 saturated carbocycles. The molecule has 358 valence electrons. The zero-order valence-electron chi connectivity index (χ0n) is 40.7. The molecule has 0 rings (SSSR count). The number of allylic oxidation sites excluding steroid dienone is 8. The van der Waals surface area contributed by atoms with Gasteiger partial charge >= 0.3 is 13.8 Å². The van der Waals surface area contributed by atoms with E-state index in [9.17, 15) is 14.3 Å². The van der Waals surface area contributed by atoms with Crippen LogP contribution in [0.4, 0.5) is 0 Å². The lowest BCUT2D eigenvalue weighted by molar-refractivity contribution is -0.870. The zero-order chi connectivity index (χ0) is 44.8. The lowest BCUT2D eigenvalue weighted by Crippen LogP contribution is -2.37. The Labute approximate surface area is 378 Å². The summed E-state index contributed by atoms with van der Waals surface area (Å²) < 4.78 is 35.1. The average molecular weight is 881 g/mol. The molecule has 0 aliphatic rings. The largest absolute Gasteiger partial charge is 0.472 e. The summed E-state index contributed by atoms with van der Waals surface area (Å²) in [6.07, 6.45) is 55.9. The van der Waals surface area contributed by atoms with E-state index in [4.69, 9.17) is 18.5 Å². The summed E-state index contributed by atoms with van der Waals surface area (Å²) in [5.41, 5.74) is 0. The van der Waals surface area contributed by atoms with E-state index in [1.807, 2.05) is 21.1 Å². The van der Waals surface area contributed by atoms with Crippen LogP contribution in [-0.4, -0.2) is 75.6 Å². The maximum atomic E-state index is 12.7. The molecule has 1 unspecified atom stereocenters. The molecule has 0 saturated heterocycles. The van der Waals surface area contributed by atoms with Gasteiger partial charge in [0.1, 0.15) is 19.3 Å². The number of rotatable bonds is 47. The smallest absolute Gasteiger partial charge is 0.457 e. The molecule has 9 heteroatoms. The number of phosphoric acid groups is 1. The van der Waals surface area contributed by atoms with Crippen LogP contribution in [0.15, 0.2) is 48.6 Å². The van der Waals surface area contributed by atoms with Crippen LogP contribution < -0.4 is 0 Å². The average Bonchev–Trinajstić information content (AvgIpc) is 3.22. The minimum Gasteiger partial charge on any atom is -0.457 e. The van der Waals surface area contributed by atoms with Gasteiger partial charge in [0.05, 0.1) is 34.4 Å². The van der Waals surface area contributed by atoms with E-state index in [1.54, 1.807) is 0 Å². The van der Waals surface area contributed by atoms with Crippen molar-refractivity contribution in [2.24, 2.45) is 0 Å². The van der Waals surface area contributed by atoms with Crippen molar-refractivity contribution in [1.29, 1.82) is 0 Å². The molecule has 0 aromatic heterocycles. The van der Waals surface area contributed by atoms with Crippen molar-refractivity contribution in [2.45, 2.75) is 225 Å². The topological polar surface area (TPSA) is 91.3 Å².